The minimum absolute atomic E-state index is 0.187. The Kier molecular flexibility index (Phi) is 6.61. The van der Waals surface area contributed by atoms with Crippen LogP contribution in [-0.4, -0.2) is 23.2 Å². The van der Waals surface area contributed by atoms with Crippen molar-refractivity contribution in [1.82, 2.24) is 0 Å². The number of hydrogen-bond acceptors (Lipinski definition) is 3. The quantitative estimate of drug-likeness (QED) is 0.601. The highest BCUT2D eigenvalue weighted by molar-refractivity contribution is 7.99. The van der Waals surface area contributed by atoms with E-state index in [0.29, 0.717) is 12.2 Å². The van der Waals surface area contributed by atoms with Gasteiger partial charge in [0.25, 0.3) is 0 Å². The maximum atomic E-state index is 12.2. The van der Waals surface area contributed by atoms with Crippen LogP contribution < -0.4 is 0 Å². The van der Waals surface area contributed by atoms with Crippen molar-refractivity contribution < 1.29 is 9.90 Å². The number of carbonyl (C=O) groups is 1. The normalized spacial score (nSPS) is 16.2. The largest absolute Gasteiger partial charge is 0.396 e. The van der Waals surface area contributed by atoms with E-state index in [0.717, 1.165) is 22.8 Å². The van der Waals surface area contributed by atoms with Crippen LogP contribution in [0.3, 0.4) is 0 Å². The summed E-state index contributed by atoms with van der Waals surface area (Å²) in [5, 5.41) is 8.79. The van der Waals surface area contributed by atoms with Gasteiger partial charge in [-0.3, -0.25) is 4.79 Å². The van der Waals surface area contributed by atoms with Crippen LogP contribution in [0.1, 0.15) is 55.3 Å². The molecule has 0 aliphatic heterocycles. The lowest BCUT2D eigenvalue weighted by molar-refractivity contribution is 0.0970. The van der Waals surface area contributed by atoms with Gasteiger partial charge in [-0.1, -0.05) is 44.2 Å². The highest BCUT2D eigenvalue weighted by Gasteiger charge is 2.15. The van der Waals surface area contributed by atoms with Crippen molar-refractivity contribution in [2.45, 2.75) is 49.8 Å². The SMILES string of the molecule is O=C(CCC1CCCCC1)c1ccc(SCCO)cc1. The minimum Gasteiger partial charge on any atom is -0.396 e. The maximum absolute atomic E-state index is 12.2. The number of Topliss-reactive ketones (excluding diaryl/α,β-unsaturated/α-hetero) is 1. The van der Waals surface area contributed by atoms with Gasteiger partial charge in [0.15, 0.2) is 5.78 Å². The summed E-state index contributed by atoms with van der Waals surface area (Å²) in [4.78, 5) is 13.3. The summed E-state index contributed by atoms with van der Waals surface area (Å²) in [6.07, 6.45) is 8.42. The van der Waals surface area contributed by atoms with E-state index in [-0.39, 0.29) is 12.4 Å². The second-order valence-electron chi connectivity index (χ2n) is 5.56. The number of aliphatic hydroxyl groups is 1. The number of ketones is 1. The summed E-state index contributed by atoms with van der Waals surface area (Å²) in [6, 6.07) is 7.80. The number of rotatable bonds is 7. The molecule has 1 aromatic carbocycles. The monoisotopic (exact) mass is 292 g/mol. The third kappa shape index (κ3) is 4.95. The Morgan fingerprint density at radius 1 is 1.15 bits per heavy atom. The van der Waals surface area contributed by atoms with Crippen molar-refractivity contribution in [3.8, 4) is 0 Å². The maximum Gasteiger partial charge on any atom is 0.162 e. The van der Waals surface area contributed by atoms with Crippen LogP contribution in [0.2, 0.25) is 0 Å². The van der Waals surface area contributed by atoms with Gasteiger partial charge in [-0.05, 0) is 24.5 Å². The molecular weight excluding hydrogens is 268 g/mol. The first-order valence-corrected chi connectivity index (χ1v) is 8.65. The van der Waals surface area contributed by atoms with Gasteiger partial charge in [0.05, 0.1) is 6.61 Å². The molecule has 0 heterocycles. The van der Waals surface area contributed by atoms with Crippen LogP contribution in [0, 0.1) is 5.92 Å². The summed E-state index contributed by atoms with van der Waals surface area (Å²) < 4.78 is 0. The highest BCUT2D eigenvalue weighted by Crippen LogP contribution is 2.28. The summed E-state index contributed by atoms with van der Waals surface area (Å²) >= 11 is 1.62. The van der Waals surface area contributed by atoms with Crippen molar-refractivity contribution in [2.75, 3.05) is 12.4 Å². The van der Waals surface area contributed by atoms with Crippen molar-refractivity contribution in [3.05, 3.63) is 29.8 Å². The first-order chi connectivity index (χ1) is 9.79. The fraction of sp³-hybridized carbons (Fsp3) is 0.588. The molecule has 0 aromatic heterocycles. The van der Waals surface area contributed by atoms with Crippen LogP contribution in [0.15, 0.2) is 29.2 Å². The molecule has 1 saturated carbocycles. The topological polar surface area (TPSA) is 37.3 Å². The van der Waals surface area contributed by atoms with Gasteiger partial charge in [-0.15, -0.1) is 11.8 Å². The van der Waals surface area contributed by atoms with E-state index >= 15 is 0 Å². The Hall–Kier alpha value is -0.800. The van der Waals surface area contributed by atoms with E-state index in [1.165, 1.54) is 32.1 Å². The molecule has 0 bridgehead atoms. The van der Waals surface area contributed by atoms with E-state index in [2.05, 4.69) is 0 Å². The molecule has 0 atom stereocenters. The van der Waals surface area contributed by atoms with Crippen LogP contribution >= 0.6 is 11.8 Å². The molecule has 2 nitrogen and oxygen atoms in total. The molecule has 0 radical (unpaired) electrons. The van der Waals surface area contributed by atoms with Crippen molar-refractivity contribution >= 4 is 17.5 Å². The van der Waals surface area contributed by atoms with Gasteiger partial charge >= 0.3 is 0 Å². The molecule has 110 valence electrons. The molecule has 1 fully saturated rings. The number of aliphatic hydroxyl groups excluding tert-OH is 1. The van der Waals surface area contributed by atoms with Crippen molar-refractivity contribution in [3.63, 3.8) is 0 Å². The molecule has 0 unspecified atom stereocenters. The van der Waals surface area contributed by atoms with Crippen LogP contribution in [-0.2, 0) is 0 Å². The number of hydrogen-bond donors (Lipinski definition) is 1. The Labute approximate surface area is 126 Å². The molecule has 3 heteroatoms. The van der Waals surface area contributed by atoms with Gasteiger partial charge < -0.3 is 5.11 Å². The number of benzene rings is 1. The molecular formula is C17H24O2S. The van der Waals surface area contributed by atoms with Crippen LogP contribution in [0.5, 0.6) is 0 Å². The number of carbonyl (C=O) groups excluding carboxylic acids is 1. The molecule has 20 heavy (non-hydrogen) atoms. The standard InChI is InChI=1S/C17H24O2S/c18-12-13-20-16-9-7-15(8-10-16)17(19)11-6-14-4-2-1-3-5-14/h7-10,14,18H,1-6,11-13H2. The predicted octanol–water partition coefficient (Wildman–Crippen LogP) is 4.31. The fourth-order valence-electron chi connectivity index (χ4n) is 2.86. The Bertz CT molecular complexity index is 408. The molecule has 0 spiro atoms. The Balaban J connectivity index is 1.79. The third-order valence-corrected chi connectivity index (χ3v) is 5.03. The van der Waals surface area contributed by atoms with Gasteiger partial charge in [-0.2, -0.15) is 0 Å². The van der Waals surface area contributed by atoms with E-state index in [1.54, 1.807) is 11.8 Å². The number of thioether (sulfide) groups is 1. The van der Waals surface area contributed by atoms with Crippen LogP contribution in [0.25, 0.3) is 0 Å². The molecule has 1 aliphatic rings. The second-order valence-corrected chi connectivity index (χ2v) is 6.73. The van der Waals surface area contributed by atoms with Crippen molar-refractivity contribution in [1.29, 1.82) is 0 Å². The smallest absolute Gasteiger partial charge is 0.162 e. The summed E-state index contributed by atoms with van der Waals surface area (Å²) in [7, 11) is 0. The summed E-state index contributed by atoms with van der Waals surface area (Å²) in [5.74, 6) is 1.75. The lowest BCUT2D eigenvalue weighted by atomic mass is 9.85. The van der Waals surface area contributed by atoms with E-state index in [4.69, 9.17) is 5.11 Å². The van der Waals surface area contributed by atoms with Gasteiger partial charge in [0, 0.05) is 22.6 Å². The second kappa shape index (κ2) is 8.48. The predicted molar refractivity (Wildman–Crippen MR) is 84.4 cm³/mol. The average Bonchev–Trinajstić information content (AvgIpc) is 2.52. The average molecular weight is 292 g/mol. The minimum atomic E-state index is 0.187. The third-order valence-electron chi connectivity index (χ3n) is 4.04. The highest BCUT2D eigenvalue weighted by atomic mass is 32.2. The molecule has 0 amide bonds. The van der Waals surface area contributed by atoms with Gasteiger partial charge in [0.2, 0.25) is 0 Å². The van der Waals surface area contributed by atoms with Crippen molar-refractivity contribution in [2.24, 2.45) is 5.92 Å². The first kappa shape index (κ1) is 15.6. The lowest BCUT2D eigenvalue weighted by Crippen LogP contribution is -2.09. The summed E-state index contributed by atoms with van der Waals surface area (Å²) in [5.41, 5.74) is 0.828. The van der Waals surface area contributed by atoms with Gasteiger partial charge in [0.1, 0.15) is 0 Å². The zero-order valence-corrected chi connectivity index (χ0v) is 12.8. The molecule has 1 aliphatic carbocycles. The van der Waals surface area contributed by atoms with Crippen LogP contribution in [0.4, 0.5) is 0 Å². The van der Waals surface area contributed by atoms with E-state index in [9.17, 15) is 4.79 Å². The zero-order valence-electron chi connectivity index (χ0n) is 12.0. The molecule has 2 rings (SSSR count). The fourth-order valence-corrected chi connectivity index (χ4v) is 3.51. The zero-order chi connectivity index (χ0) is 14.2. The molecule has 0 saturated heterocycles. The van der Waals surface area contributed by atoms with E-state index in [1.807, 2.05) is 24.3 Å². The lowest BCUT2D eigenvalue weighted by Gasteiger charge is -2.20. The van der Waals surface area contributed by atoms with Gasteiger partial charge in [-0.25, -0.2) is 0 Å². The first-order valence-electron chi connectivity index (χ1n) is 7.66. The molecule has 1 N–H and O–H groups in total. The summed E-state index contributed by atoms with van der Waals surface area (Å²) in [6.45, 7) is 0.187. The Morgan fingerprint density at radius 3 is 2.50 bits per heavy atom. The van der Waals surface area contributed by atoms with E-state index < -0.39 is 0 Å². The molecule has 1 aromatic rings. The Morgan fingerprint density at radius 2 is 1.85 bits per heavy atom.